The molecule has 5 aromatic carbocycles. The first-order valence-electron chi connectivity index (χ1n) is 15.2. The molecule has 0 aliphatic heterocycles. The Morgan fingerprint density at radius 3 is 1.39 bits per heavy atom. The van der Waals surface area contributed by atoms with Crippen molar-refractivity contribution in [2.45, 2.75) is 0 Å². The average molecular weight is 590 g/mol. The van der Waals surface area contributed by atoms with Crippen molar-refractivity contribution in [3.05, 3.63) is 164 Å². The summed E-state index contributed by atoms with van der Waals surface area (Å²) in [6.45, 7) is 0. The van der Waals surface area contributed by atoms with Gasteiger partial charge < -0.3 is 0 Å². The van der Waals surface area contributed by atoms with E-state index >= 15 is 0 Å². The lowest BCUT2D eigenvalue weighted by atomic mass is 10.0. The van der Waals surface area contributed by atoms with Crippen molar-refractivity contribution in [1.29, 1.82) is 0 Å². The van der Waals surface area contributed by atoms with E-state index in [-0.39, 0.29) is 0 Å². The summed E-state index contributed by atoms with van der Waals surface area (Å²) in [6.07, 6.45) is 3.60. The molecule has 0 aliphatic rings. The van der Waals surface area contributed by atoms with Gasteiger partial charge in [-0.3, -0.25) is 9.97 Å². The molecule has 5 nitrogen and oxygen atoms in total. The maximum absolute atomic E-state index is 5.03. The summed E-state index contributed by atoms with van der Waals surface area (Å²) >= 11 is 0. The van der Waals surface area contributed by atoms with Gasteiger partial charge in [0.2, 0.25) is 0 Å². The molecule has 8 aromatic rings. The normalized spacial score (nSPS) is 11.0. The van der Waals surface area contributed by atoms with Gasteiger partial charge in [-0.2, -0.15) is 0 Å². The third-order valence-corrected chi connectivity index (χ3v) is 8.04. The second-order valence-electron chi connectivity index (χ2n) is 11.0. The van der Waals surface area contributed by atoms with Crippen molar-refractivity contribution >= 4 is 10.9 Å². The number of pyridine rings is 2. The third-order valence-electron chi connectivity index (χ3n) is 8.04. The second-order valence-corrected chi connectivity index (χ2v) is 11.0. The highest BCUT2D eigenvalue weighted by Gasteiger charge is 2.15. The zero-order valence-electron chi connectivity index (χ0n) is 24.8. The van der Waals surface area contributed by atoms with Gasteiger partial charge in [0, 0.05) is 40.0 Å². The Morgan fingerprint density at radius 2 is 0.804 bits per heavy atom. The van der Waals surface area contributed by atoms with Gasteiger partial charge in [-0.1, -0.05) is 121 Å². The Morgan fingerprint density at radius 1 is 0.304 bits per heavy atom. The highest BCUT2D eigenvalue weighted by molar-refractivity contribution is 5.92. The predicted octanol–water partition coefficient (Wildman–Crippen LogP) is 9.82. The highest BCUT2D eigenvalue weighted by Crippen LogP contribution is 2.31. The number of hydrogen-bond acceptors (Lipinski definition) is 5. The van der Waals surface area contributed by atoms with Crippen LogP contribution in [0.5, 0.6) is 0 Å². The molecule has 0 aliphatic carbocycles. The largest absolute Gasteiger partial charge is 0.256 e. The van der Waals surface area contributed by atoms with Crippen molar-refractivity contribution in [3.63, 3.8) is 0 Å². The van der Waals surface area contributed by atoms with Gasteiger partial charge in [0.05, 0.1) is 11.2 Å². The minimum absolute atomic E-state index is 0.606. The number of nitrogens with zero attached hydrogens (tertiary/aromatic N) is 5. The summed E-state index contributed by atoms with van der Waals surface area (Å²) < 4.78 is 0. The Labute approximate surface area is 267 Å². The molecule has 0 saturated heterocycles. The SMILES string of the molecule is c1ccc(-c2cccc(-c3nc(-c4ccc(-c5nccc6ncccc56)cc4)nc(-c4cccc(-c5ccccc5)c4)n3)c2)cc1. The molecule has 46 heavy (non-hydrogen) atoms. The summed E-state index contributed by atoms with van der Waals surface area (Å²) in [5, 5.41) is 1.01. The van der Waals surface area contributed by atoms with Gasteiger partial charge in [0.1, 0.15) is 0 Å². The average Bonchev–Trinajstić information content (AvgIpc) is 3.15. The van der Waals surface area contributed by atoms with E-state index in [1.807, 2.05) is 24.3 Å². The number of aromatic nitrogens is 5. The summed E-state index contributed by atoms with van der Waals surface area (Å²) in [4.78, 5) is 24.2. The van der Waals surface area contributed by atoms with Crippen LogP contribution in [0.25, 0.3) is 78.6 Å². The van der Waals surface area contributed by atoms with Crippen molar-refractivity contribution in [3.8, 4) is 67.7 Å². The van der Waals surface area contributed by atoms with Crippen molar-refractivity contribution in [1.82, 2.24) is 24.9 Å². The predicted molar refractivity (Wildman–Crippen MR) is 186 cm³/mol. The van der Waals surface area contributed by atoms with Crippen LogP contribution in [-0.2, 0) is 0 Å². The first-order valence-corrected chi connectivity index (χ1v) is 15.2. The zero-order valence-corrected chi connectivity index (χ0v) is 24.8. The Bertz CT molecular complexity index is 2190. The fourth-order valence-corrected chi connectivity index (χ4v) is 5.71. The van der Waals surface area contributed by atoms with E-state index in [9.17, 15) is 0 Å². The van der Waals surface area contributed by atoms with Crippen molar-refractivity contribution < 1.29 is 0 Å². The van der Waals surface area contributed by atoms with Crippen molar-refractivity contribution in [2.75, 3.05) is 0 Å². The summed E-state index contributed by atoms with van der Waals surface area (Å²) in [7, 11) is 0. The quantitative estimate of drug-likeness (QED) is 0.193. The smallest absolute Gasteiger partial charge is 0.164 e. The minimum atomic E-state index is 0.606. The van der Waals surface area contributed by atoms with Gasteiger partial charge in [0.25, 0.3) is 0 Å². The van der Waals surface area contributed by atoms with Crippen LogP contribution >= 0.6 is 0 Å². The van der Waals surface area contributed by atoms with E-state index < -0.39 is 0 Å². The van der Waals surface area contributed by atoms with Crippen LogP contribution in [0, 0.1) is 0 Å². The van der Waals surface area contributed by atoms with Gasteiger partial charge in [-0.25, -0.2) is 15.0 Å². The maximum atomic E-state index is 5.03. The molecule has 5 heteroatoms. The molecule has 0 saturated carbocycles. The van der Waals surface area contributed by atoms with Crippen LogP contribution in [0.2, 0.25) is 0 Å². The molecule has 0 amide bonds. The molecule has 0 spiro atoms. The molecule has 0 unspecified atom stereocenters. The third kappa shape index (κ3) is 5.42. The van der Waals surface area contributed by atoms with E-state index in [4.69, 9.17) is 15.0 Å². The van der Waals surface area contributed by atoms with Crippen LogP contribution in [-0.4, -0.2) is 24.9 Å². The molecule has 0 fully saturated rings. The molecule has 216 valence electrons. The van der Waals surface area contributed by atoms with Gasteiger partial charge in [0.15, 0.2) is 17.5 Å². The van der Waals surface area contributed by atoms with E-state index in [1.165, 1.54) is 0 Å². The molecular weight excluding hydrogens is 562 g/mol. The van der Waals surface area contributed by atoms with Crippen LogP contribution < -0.4 is 0 Å². The molecule has 0 N–H and O–H groups in total. The van der Waals surface area contributed by atoms with E-state index in [0.717, 1.165) is 61.1 Å². The van der Waals surface area contributed by atoms with Crippen LogP contribution in [0.4, 0.5) is 0 Å². The van der Waals surface area contributed by atoms with Crippen LogP contribution in [0.15, 0.2) is 164 Å². The lowest BCUT2D eigenvalue weighted by Gasteiger charge is -2.11. The second kappa shape index (κ2) is 12.0. The van der Waals surface area contributed by atoms with E-state index in [2.05, 4.69) is 137 Å². The van der Waals surface area contributed by atoms with Gasteiger partial charge in [-0.05, 0) is 52.6 Å². The standard InChI is InChI=1S/C41H27N5/c1-3-10-28(11-4-1)32-14-7-16-34(26-32)40-44-39(45-41(46-40)35-17-8-15-33(27-35)29-12-5-2-6-13-29)31-21-19-30(20-22-31)38-36-18-9-24-42-37(36)23-25-43-38/h1-27H. The lowest BCUT2D eigenvalue weighted by molar-refractivity contribution is 1.07. The topological polar surface area (TPSA) is 64.5 Å². The van der Waals surface area contributed by atoms with E-state index in [0.29, 0.717) is 17.5 Å². The lowest BCUT2D eigenvalue weighted by Crippen LogP contribution is -2.00. The number of benzene rings is 5. The highest BCUT2D eigenvalue weighted by atomic mass is 15.0. The molecule has 8 rings (SSSR count). The first kappa shape index (κ1) is 27.2. The maximum Gasteiger partial charge on any atom is 0.164 e. The van der Waals surface area contributed by atoms with Crippen LogP contribution in [0.3, 0.4) is 0 Å². The Hall–Kier alpha value is -6.33. The fraction of sp³-hybridized carbons (Fsp3) is 0. The number of hydrogen-bond donors (Lipinski definition) is 0. The Balaban J connectivity index is 1.25. The molecule has 0 bridgehead atoms. The summed E-state index contributed by atoms with van der Waals surface area (Å²) in [6, 6.07) is 51.6. The number of fused-ring (bicyclic) bond motifs is 1. The van der Waals surface area contributed by atoms with Crippen LogP contribution in [0.1, 0.15) is 0 Å². The monoisotopic (exact) mass is 589 g/mol. The Kier molecular flexibility index (Phi) is 7.09. The molecule has 3 aromatic heterocycles. The number of rotatable bonds is 6. The molecule has 3 heterocycles. The van der Waals surface area contributed by atoms with Gasteiger partial charge >= 0.3 is 0 Å². The van der Waals surface area contributed by atoms with Crippen molar-refractivity contribution in [2.24, 2.45) is 0 Å². The minimum Gasteiger partial charge on any atom is -0.256 e. The summed E-state index contributed by atoms with van der Waals surface area (Å²) in [5.74, 6) is 1.84. The summed E-state index contributed by atoms with van der Waals surface area (Å²) in [5.41, 5.74) is 10.0. The molecule has 0 radical (unpaired) electrons. The first-order chi connectivity index (χ1) is 22.8. The van der Waals surface area contributed by atoms with Gasteiger partial charge in [-0.15, -0.1) is 0 Å². The fourth-order valence-electron chi connectivity index (χ4n) is 5.71. The zero-order chi connectivity index (χ0) is 30.7. The van der Waals surface area contributed by atoms with E-state index in [1.54, 1.807) is 12.4 Å². The molecular formula is C41H27N5. The molecule has 0 atom stereocenters.